The van der Waals surface area contributed by atoms with E-state index in [1.54, 1.807) is 0 Å². The molecule has 80 valence electrons. The number of nitrogens with zero attached hydrogens (tertiary/aromatic N) is 1. The van der Waals surface area contributed by atoms with Crippen LogP contribution in [-0.2, 0) is 14.3 Å². The van der Waals surface area contributed by atoms with E-state index < -0.39 is 17.9 Å². The first-order valence-corrected chi connectivity index (χ1v) is 5.65. The fourth-order valence-electron chi connectivity index (χ4n) is 1.43. The van der Waals surface area contributed by atoms with Gasteiger partial charge in [0.15, 0.2) is 0 Å². The third-order valence-electron chi connectivity index (χ3n) is 2.26. The summed E-state index contributed by atoms with van der Waals surface area (Å²) in [5.74, 6) is -1.07. The molecule has 0 spiro atoms. The molecule has 15 heavy (non-hydrogen) atoms. The third-order valence-corrected chi connectivity index (χ3v) is 3.42. The van der Waals surface area contributed by atoms with Crippen molar-refractivity contribution in [2.45, 2.75) is 32.1 Å². The Hall–Kier alpha value is -1.23. The van der Waals surface area contributed by atoms with Gasteiger partial charge in [0.1, 0.15) is 5.92 Å². The van der Waals surface area contributed by atoms with Crippen LogP contribution in [0.3, 0.4) is 0 Å². The number of thiazole rings is 1. The van der Waals surface area contributed by atoms with Gasteiger partial charge >= 0.3 is 11.9 Å². The largest absolute Gasteiger partial charge is 0.393 e. The Morgan fingerprint density at radius 1 is 1.53 bits per heavy atom. The molecular formula is C10H11NO3S. The molecule has 0 radical (unpaired) electrons. The Bertz CT molecular complexity index is 411. The Morgan fingerprint density at radius 3 is 2.73 bits per heavy atom. The zero-order valence-electron chi connectivity index (χ0n) is 8.52. The van der Waals surface area contributed by atoms with E-state index in [0.717, 1.165) is 5.01 Å². The lowest BCUT2D eigenvalue weighted by atomic mass is 10.1. The highest BCUT2D eigenvalue weighted by Crippen LogP contribution is 2.30. The molecule has 1 atom stereocenters. The van der Waals surface area contributed by atoms with Crippen molar-refractivity contribution >= 4 is 23.3 Å². The normalized spacial score (nSPS) is 21.1. The zero-order valence-corrected chi connectivity index (χ0v) is 9.34. The Labute approximate surface area is 91.3 Å². The topological polar surface area (TPSA) is 56.3 Å². The van der Waals surface area contributed by atoms with Crippen LogP contribution in [0, 0.1) is 0 Å². The lowest BCUT2D eigenvalue weighted by Gasteiger charge is -1.99. The summed E-state index contributed by atoms with van der Waals surface area (Å²) >= 11 is 1.52. The summed E-state index contributed by atoms with van der Waals surface area (Å²) in [4.78, 5) is 26.5. The molecule has 1 fully saturated rings. The number of ether oxygens (including phenoxy) is 1. The minimum Gasteiger partial charge on any atom is -0.393 e. The second-order valence-electron chi connectivity index (χ2n) is 3.82. The van der Waals surface area contributed by atoms with Crippen molar-refractivity contribution in [3.8, 4) is 0 Å². The molecule has 5 heteroatoms. The average molecular weight is 225 g/mol. The molecule has 0 N–H and O–H groups in total. The predicted octanol–water partition coefficient (Wildman–Crippen LogP) is 1.82. The van der Waals surface area contributed by atoms with Crippen molar-refractivity contribution in [2.24, 2.45) is 0 Å². The summed E-state index contributed by atoms with van der Waals surface area (Å²) in [7, 11) is 0. The maximum absolute atomic E-state index is 11.3. The number of carbonyl (C=O) groups is 2. The second-order valence-corrected chi connectivity index (χ2v) is 4.70. The van der Waals surface area contributed by atoms with Gasteiger partial charge < -0.3 is 4.74 Å². The van der Waals surface area contributed by atoms with E-state index in [0.29, 0.717) is 11.6 Å². The Morgan fingerprint density at radius 2 is 2.27 bits per heavy atom. The number of esters is 2. The fourth-order valence-corrected chi connectivity index (χ4v) is 2.31. The fraction of sp³-hybridized carbons (Fsp3) is 0.500. The van der Waals surface area contributed by atoms with Gasteiger partial charge in [0.25, 0.3) is 0 Å². The van der Waals surface area contributed by atoms with Crippen LogP contribution in [0.4, 0.5) is 0 Å². The van der Waals surface area contributed by atoms with Gasteiger partial charge in [0, 0.05) is 11.3 Å². The number of cyclic esters (lactones) is 2. The lowest BCUT2D eigenvalue weighted by molar-refractivity contribution is -0.152. The van der Waals surface area contributed by atoms with Gasteiger partial charge in [-0.3, -0.25) is 9.59 Å². The molecule has 0 bridgehead atoms. The first-order chi connectivity index (χ1) is 7.08. The monoisotopic (exact) mass is 225 g/mol. The van der Waals surface area contributed by atoms with Gasteiger partial charge in [-0.05, 0) is 0 Å². The number of rotatable bonds is 2. The summed E-state index contributed by atoms with van der Waals surface area (Å²) in [6, 6.07) is 0. The summed E-state index contributed by atoms with van der Waals surface area (Å²) in [6.45, 7) is 4.08. The van der Waals surface area contributed by atoms with E-state index in [-0.39, 0.29) is 6.42 Å². The molecule has 0 saturated carbocycles. The number of hydrogen-bond donors (Lipinski definition) is 0. The Balaban J connectivity index is 2.23. The quantitative estimate of drug-likeness (QED) is 0.569. The molecule has 1 aliphatic rings. The smallest absolute Gasteiger partial charge is 0.323 e. The van der Waals surface area contributed by atoms with Gasteiger partial charge in [-0.25, -0.2) is 4.98 Å². The first-order valence-electron chi connectivity index (χ1n) is 4.77. The van der Waals surface area contributed by atoms with Crippen LogP contribution in [0.5, 0.6) is 0 Å². The van der Waals surface area contributed by atoms with Crippen LogP contribution in [0.25, 0.3) is 0 Å². The van der Waals surface area contributed by atoms with E-state index in [1.807, 2.05) is 19.2 Å². The van der Waals surface area contributed by atoms with E-state index in [2.05, 4.69) is 9.72 Å². The van der Waals surface area contributed by atoms with Gasteiger partial charge in [0.05, 0.1) is 17.1 Å². The molecule has 1 saturated heterocycles. The number of carbonyl (C=O) groups excluding carboxylic acids is 2. The SMILES string of the molecule is CC(C)c1nc(C2CC(=O)OC2=O)cs1. The van der Waals surface area contributed by atoms with Crippen LogP contribution in [-0.4, -0.2) is 16.9 Å². The van der Waals surface area contributed by atoms with Crippen LogP contribution >= 0.6 is 11.3 Å². The van der Waals surface area contributed by atoms with Crippen molar-refractivity contribution in [3.63, 3.8) is 0 Å². The summed E-state index contributed by atoms with van der Waals surface area (Å²) in [5.41, 5.74) is 0.666. The third kappa shape index (κ3) is 1.92. The highest BCUT2D eigenvalue weighted by molar-refractivity contribution is 7.09. The van der Waals surface area contributed by atoms with Crippen molar-refractivity contribution in [1.82, 2.24) is 4.98 Å². The van der Waals surface area contributed by atoms with Crippen LogP contribution in [0.15, 0.2) is 5.38 Å². The van der Waals surface area contributed by atoms with Crippen molar-refractivity contribution in [1.29, 1.82) is 0 Å². The highest BCUT2D eigenvalue weighted by Gasteiger charge is 2.36. The molecule has 1 aromatic rings. The van der Waals surface area contributed by atoms with Gasteiger partial charge in [-0.2, -0.15) is 0 Å². The van der Waals surface area contributed by atoms with Gasteiger partial charge in [-0.15, -0.1) is 11.3 Å². The average Bonchev–Trinajstić information content (AvgIpc) is 2.71. The molecular weight excluding hydrogens is 214 g/mol. The predicted molar refractivity (Wildman–Crippen MR) is 54.7 cm³/mol. The van der Waals surface area contributed by atoms with Crippen LogP contribution in [0.1, 0.15) is 42.8 Å². The van der Waals surface area contributed by atoms with Gasteiger partial charge in [-0.1, -0.05) is 13.8 Å². The van der Waals surface area contributed by atoms with Crippen molar-refractivity contribution < 1.29 is 14.3 Å². The highest BCUT2D eigenvalue weighted by atomic mass is 32.1. The molecule has 1 unspecified atom stereocenters. The van der Waals surface area contributed by atoms with E-state index in [4.69, 9.17) is 0 Å². The molecule has 0 aliphatic carbocycles. The zero-order chi connectivity index (χ0) is 11.0. The summed E-state index contributed by atoms with van der Waals surface area (Å²) in [5, 5.41) is 2.82. The minimum absolute atomic E-state index is 0.125. The molecule has 2 rings (SSSR count). The molecule has 0 amide bonds. The standard InChI is InChI=1S/C10H11NO3S/c1-5(2)9-11-7(4-15-9)6-3-8(12)14-10(6)13/h4-6H,3H2,1-2H3. The van der Waals surface area contributed by atoms with E-state index in [9.17, 15) is 9.59 Å². The maximum atomic E-state index is 11.3. The minimum atomic E-state index is -0.485. The van der Waals surface area contributed by atoms with Crippen LogP contribution in [0.2, 0.25) is 0 Å². The van der Waals surface area contributed by atoms with Crippen molar-refractivity contribution in [3.05, 3.63) is 16.1 Å². The molecule has 1 aliphatic heterocycles. The van der Waals surface area contributed by atoms with E-state index >= 15 is 0 Å². The maximum Gasteiger partial charge on any atom is 0.323 e. The van der Waals surface area contributed by atoms with Gasteiger partial charge in [0.2, 0.25) is 0 Å². The molecule has 1 aromatic heterocycles. The first kappa shape index (κ1) is 10.3. The molecule has 2 heterocycles. The number of hydrogen-bond acceptors (Lipinski definition) is 5. The summed E-state index contributed by atoms with van der Waals surface area (Å²) in [6.07, 6.45) is 0.125. The Kier molecular flexibility index (Phi) is 2.56. The number of aromatic nitrogens is 1. The molecule has 0 aromatic carbocycles. The lowest BCUT2D eigenvalue weighted by Crippen LogP contribution is -2.06. The van der Waals surface area contributed by atoms with Crippen molar-refractivity contribution in [2.75, 3.05) is 0 Å². The summed E-state index contributed by atoms with van der Waals surface area (Å²) < 4.78 is 4.48. The van der Waals surface area contributed by atoms with E-state index in [1.165, 1.54) is 11.3 Å². The molecule has 4 nitrogen and oxygen atoms in total. The van der Waals surface area contributed by atoms with Crippen LogP contribution < -0.4 is 0 Å². The second kappa shape index (κ2) is 3.73.